The third-order valence-electron chi connectivity index (χ3n) is 3.27. The largest absolute Gasteiger partial charge is 0.361 e. The fraction of sp³-hybridized carbons (Fsp3) is 0.167. The average molecular weight is 318 g/mol. The van der Waals surface area contributed by atoms with Crippen molar-refractivity contribution in [3.63, 3.8) is 0 Å². The molecule has 2 nitrogen and oxygen atoms in total. The van der Waals surface area contributed by atoms with Gasteiger partial charge < -0.3 is 5.32 Å². The van der Waals surface area contributed by atoms with Gasteiger partial charge in [-0.2, -0.15) is 0 Å². The van der Waals surface area contributed by atoms with Crippen LogP contribution in [0, 0.1) is 5.82 Å². The summed E-state index contributed by atoms with van der Waals surface area (Å²) in [7, 11) is 0. The van der Waals surface area contributed by atoms with Crippen molar-refractivity contribution in [1.29, 1.82) is 0 Å². The molecular formula is C18H17ClFNO. The predicted octanol–water partition coefficient (Wildman–Crippen LogP) is 5.41. The molecule has 2 aromatic rings. The van der Waals surface area contributed by atoms with E-state index >= 15 is 0 Å². The quantitative estimate of drug-likeness (QED) is 0.590. The van der Waals surface area contributed by atoms with E-state index in [1.165, 1.54) is 30.0 Å². The molecule has 0 aliphatic rings. The second kappa shape index (κ2) is 7.23. The highest BCUT2D eigenvalue weighted by molar-refractivity contribution is 6.31. The fourth-order valence-corrected chi connectivity index (χ4v) is 2.11. The van der Waals surface area contributed by atoms with E-state index in [9.17, 15) is 9.18 Å². The first kappa shape index (κ1) is 16.2. The van der Waals surface area contributed by atoms with Crippen molar-refractivity contribution in [2.75, 3.05) is 5.32 Å². The highest BCUT2D eigenvalue weighted by Crippen LogP contribution is 2.19. The van der Waals surface area contributed by atoms with Crippen molar-refractivity contribution in [3.8, 4) is 0 Å². The lowest BCUT2D eigenvalue weighted by Gasteiger charge is -2.05. The van der Waals surface area contributed by atoms with Crippen LogP contribution in [-0.2, 0) is 0 Å². The molecule has 0 amide bonds. The minimum atomic E-state index is -0.475. The number of hydrogen-bond donors (Lipinski definition) is 1. The van der Waals surface area contributed by atoms with Gasteiger partial charge >= 0.3 is 0 Å². The van der Waals surface area contributed by atoms with Gasteiger partial charge in [-0.3, -0.25) is 4.79 Å². The summed E-state index contributed by atoms with van der Waals surface area (Å²) in [4.78, 5) is 12.0. The molecule has 0 saturated carbocycles. The smallest absolute Gasteiger partial charge is 0.187 e. The maximum absolute atomic E-state index is 13.0. The summed E-state index contributed by atoms with van der Waals surface area (Å²) in [5.41, 5.74) is 2.44. The van der Waals surface area contributed by atoms with E-state index in [1.54, 1.807) is 6.07 Å². The first-order valence-electron chi connectivity index (χ1n) is 7.00. The minimum absolute atomic E-state index is 0.0361. The Morgan fingerprint density at radius 2 is 1.86 bits per heavy atom. The normalized spacial score (nSPS) is 11.1. The molecule has 0 radical (unpaired) electrons. The van der Waals surface area contributed by atoms with Crippen LogP contribution in [0.2, 0.25) is 5.02 Å². The number of rotatable bonds is 5. The van der Waals surface area contributed by atoms with Gasteiger partial charge in [0.1, 0.15) is 5.82 Å². The Kier molecular flexibility index (Phi) is 5.34. The number of anilines is 1. The molecule has 22 heavy (non-hydrogen) atoms. The van der Waals surface area contributed by atoms with E-state index in [0.29, 0.717) is 17.2 Å². The van der Waals surface area contributed by atoms with E-state index in [0.717, 1.165) is 0 Å². The average Bonchev–Trinajstić information content (AvgIpc) is 2.51. The first-order chi connectivity index (χ1) is 10.5. The van der Waals surface area contributed by atoms with Gasteiger partial charge in [0, 0.05) is 23.5 Å². The Morgan fingerprint density at radius 1 is 1.18 bits per heavy atom. The van der Waals surface area contributed by atoms with Gasteiger partial charge in [0.15, 0.2) is 5.78 Å². The SMILES string of the molecule is CC(C)c1ccc(C(=O)/C=C/Nc2ccc(F)c(Cl)c2)cc1. The molecule has 0 aromatic heterocycles. The molecule has 0 aliphatic heterocycles. The number of hydrogen-bond acceptors (Lipinski definition) is 2. The van der Waals surface area contributed by atoms with Crippen LogP contribution in [0.3, 0.4) is 0 Å². The van der Waals surface area contributed by atoms with E-state index in [4.69, 9.17) is 11.6 Å². The maximum atomic E-state index is 13.0. The lowest BCUT2D eigenvalue weighted by atomic mass is 10.0. The molecule has 0 aliphatic carbocycles. The Morgan fingerprint density at radius 3 is 2.45 bits per heavy atom. The topological polar surface area (TPSA) is 29.1 Å². The predicted molar refractivity (Wildman–Crippen MR) is 89.0 cm³/mol. The van der Waals surface area contributed by atoms with Crippen molar-refractivity contribution in [3.05, 3.63) is 76.7 Å². The molecule has 0 spiro atoms. The van der Waals surface area contributed by atoms with Crippen LogP contribution in [0.5, 0.6) is 0 Å². The lowest BCUT2D eigenvalue weighted by molar-refractivity contribution is 0.104. The van der Waals surface area contributed by atoms with E-state index in [2.05, 4.69) is 19.2 Å². The van der Waals surface area contributed by atoms with Crippen LogP contribution in [0.4, 0.5) is 10.1 Å². The number of halogens is 2. The fourth-order valence-electron chi connectivity index (χ4n) is 1.93. The van der Waals surface area contributed by atoms with E-state index in [-0.39, 0.29) is 10.8 Å². The summed E-state index contributed by atoms with van der Waals surface area (Å²) in [6.07, 6.45) is 2.95. The molecule has 0 saturated heterocycles. The number of nitrogens with one attached hydrogen (secondary N) is 1. The van der Waals surface area contributed by atoms with Crippen molar-refractivity contribution in [2.45, 2.75) is 19.8 Å². The van der Waals surface area contributed by atoms with Crippen LogP contribution < -0.4 is 5.32 Å². The highest BCUT2D eigenvalue weighted by Gasteiger charge is 2.04. The molecule has 2 aromatic carbocycles. The highest BCUT2D eigenvalue weighted by atomic mass is 35.5. The van der Waals surface area contributed by atoms with Crippen molar-refractivity contribution < 1.29 is 9.18 Å². The number of ketones is 1. The summed E-state index contributed by atoms with van der Waals surface area (Å²) in [6.45, 7) is 4.21. The number of benzene rings is 2. The second-order valence-corrected chi connectivity index (χ2v) is 5.65. The molecule has 0 bridgehead atoms. The summed E-state index contributed by atoms with van der Waals surface area (Å²) in [5, 5.41) is 2.93. The molecule has 2 rings (SSSR count). The maximum Gasteiger partial charge on any atom is 0.187 e. The van der Waals surface area contributed by atoms with Gasteiger partial charge in [0.05, 0.1) is 5.02 Å². The van der Waals surface area contributed by atoms with Crippen molar-refractivity contribution in [1.82, 2.24) is 0 Å². The number of carbonyl (C=O) groups is 1. The monoisotopic (exact) mass is 317 g/mol. The Hall–Kier alpha value is -2.13. The third kappa shape index (κ3) is 4.18. The van der Waals surface area contributed by atoms with E-state index in [1.807, 2.05) is 24.3 Å². The first-order valence-corrected chi connectivity index (χ1v) is 7.37. The minimum Gasteiger partial charge on any atom is -0.361 e. The summed E-state index contributed by atoms with van der Waals surface area (Å²) in [6, 6.07) is 11.8. The van der Waals surface area contributed by atoms with Crippen LogP contribution in [0.25, 0.3) is 0 Å². The zero-order chi connectivity index (χ0) is 16.1. The molecule has 4 heteroatoms. The van der Waals surface area contributed by atoms with Gasteiger partial charge in [-0.25, -0.2) is 4.39 Å². The molecule has 0 heterocycles. The number of allylic oxidation sites excluding steroid dienone is 1. The van der Waals surface area contributed by atoms with Gasteiger partial charge in [-0.1, -0.05) is 49.7 Å². The standard InChI is InChI=1S/C18H17ClFNO/c1-12(2)13-3-5-14(6-4-13)18(22)9-10-21-15-7-8-17(20)16(19)11-15/h3-12,21H,1-2H3/b10-9+. The van der Waals surface area contributed by atoms with Crippen molar-refractivity contribution >= 4 is 23.1 Å². The van der Waals surface area contributed by atoms with Gasteiger partial charge in [0.25, 0.3) is 0 Å². The Labute approximate surface area is 134 Å². The molecule has 0 fully saturated rings. The third-order valence-corrected chi connectivity index (χ3v) is 3.56. The van der Waals surface area contributed by atoms with Crippen molar-refractivity contribution in [2.24, 2.45) is 0 Å². The molecule has 114 valence electrons. The summed E-state index contributed by atoms with van der Waals surface area (Å²) < 4.78 is 13.0. The molecule has 0 unspecified atom stereocenters. The van der Waals surface area contributed by atoms with Gasteiger partial charge in [-0.05, 0) is 29.7 Å². The van der Waals surface area contributed by atoms with Gasteiger partial charge in [-0.15, -0.1) is 0 Å². The Bertz CT molecular complexity index is 693. The number of carbonyl (C=O) groups excluding carboxylic acids is 1. The zero-order valence-corrected chi connectivity index (χ0v) is 13.2. The molecular weight excluding hydrogens is 301 g/mol. The Balaban J connectivity index is 2.00. The van der Waals surface area contributed by atoms with Crippen LogP contribution in [-0.4, -0.2) is 5.78 Å². The van der Waals surface area contributed by atoms with Crippen LogP contribution in [0.15, 0.2) is 54.7 Å². The lowest BCUT2D eigenvalue weighted by Crippen LogP contribution is -1.97. The van der Waals surface area contributed by atoms with Crippen LogP contribution in [0.1, 0.15) is 35.7 Å². The second-order valence-electron chi connectivity index (χ2n) is 5.25. The van der Waals surface area contributed by atoms with E-state index < -0.39 is 5.82 Å². The van der Waals surface area contributed by atoms with Gasteiger partial charge in [0.2, 0.25) is 0 Å². The molecule has 1 N–H and O–H groups in total. The molecule has 0 atom stereocenters. The summed E-state index contributed by atoms with van der Waals surface area (Å²) in [5.74, 6) is -0.141. The zero-order valence-electron chi connectivity index (χ0n) is 12.4. The summed E-state index contributed by atoms with van der Waals surface area (Å²) >= 11 is 5.69. The van der Waals surface area contributed by atoms with Crippen LogP contribution >= 0.6 is 11.6 Å².